The Morgan fingerprint density at radius 2 is 2.00 bits per heavy atom. The molecule has 16 heavy (non-hydrogen) atoms. The molecule has 0 aromatic carbocycles. The number of cyclic esters (lactones) is 1. The van der Waals surface area contributed by atoms with E-state index in [2.05, 4.69) is 6.08 Å². The molecule has 1 saturated heterocycles. The van der Waals surface area contributed by atoms with Crippen molar-refractivity contribution in [1.82, 2.24) is 0 Å². The van der Waals surface area contributed by atoms with Crippen molar-refractivity contribution in [3.8, 4) is 0 Å². The van der Waals surface area contributed by atoms with Gasteiger partial charge < -0.3 is 9.47 Å². The van der Waals surface area contributed by atoms with E-state index in [-0.39, 0.29) is 11.4 Å². The maximum atomic E-state index is 12.0. The van der Waals surface area contributed by atoms with Gasteiger partial charge in [0.1, 0.15) is 0 Å². The van der Waals surface area contributed by atoms with Crippen LogP contribution in [-0.4, -0.2) is 17.4 Å². The third-order valence-electron chi connectivity index (χ3n) is 3.74. The molecule has 3 heteroatoms. The average molecular weight is 224 g/mol. The molecule has 0 aromatic rings. The van der Waals surface area contributed by atoms with Crippen LogP contribution in [0.5, 0.6) is 0 Å². The van der Waals surface area contributed by atoms with Crippen molar-refractivity contribution in [1.29, 1.82) is 0 Å². The molecular weight excluding hydrogens is 204 g/mol. The Balaban J connectivity index is 2.28. The Labute approximate surface area is 96.8 Å². The van der Waals surface area contributed by atoms with Gasteiger partial charge >= 0.3 is 5.97 Å². The normalized spacial score (nSPS) is 39.1. The number of carbonyl (C=O) groups excluding carboxylic acids is 1. The predicted octanol–water partition coefficient (Wildman–Crippen LogP) is 2.80. The lowest BCUT2D eigenvalue weighted by atomic mass is 9.85. The number of hydrogen-bond acceptors (Lipinski definition) is 3. The summed E-state index contributed by atoms with van der Waals surface area (Å²) in [6, 6.07) is 0. The maximum absolute atomic E-state index is 12.0. The molecular formula is C13H20O3. The van der Waals surface area contributed by atoms with Gasteiger partial charge in [-0.3, -0.25) is 0 Å². The number of carbonyl (C=O) groups is 1. The summed E-state index contributed by atoms with van der Waals surface area (Å²) >= 11 is 0. The highest BCUT2D eigenvalue weighted by molar-refractivity contribution is 5.82. The molecule has 0 amide bonds. The Kier molecular flexibility index (Phi) is 2.42. The number of esters is 1. The Bertz CT molecular complexity index is 340. The predicted molar refractivity (Wildman–Crippen MR) is 60.8 cm³/mol. The minimum Gasteiger partial charge on any atom is -0.431 e. The Hall–Kier alpha value is -0.830. The van der Waals surface area contributed by atoms with Crippen molar-refractivity contribution < 1.29 is 14.3 Å². The lowest BCUT2D eigenvalue weighted by molar-refractivity contribution is -0.233. The molecule has 1 fully saturated rings. The molecule has 0 radical (unpaired) electrons. The molecule has 1 aliphatic heterocycles. The van der Waals surface area contributed by atoms with E-state index in [1.54, 1.807) is 0 Å². The molecule has 2 aliphatic rings. The highest BCUT2D eigenvalue weighted by atomic mass is 16.8. The molecule has 0 unspecified atom stereocenters. The van der Waals surface area contributed by atoms with E-state index in [4.69, 9.17) is 9.47 Å². The second-order valence-corrected chi connectivity index (χ2v) is 5.90. The Morgan fingerprint density at radius 1 is 1.31 bits per heavy atom. The van der Waals surface area contributed by atoms with Gasteiger partial charge in [-0.25, -0.2) is 4.79 Å². The van der Waals surface area contributed by atoms with Crippen molar-refractivity contribution in [2.45, 2.75) is 58.3 Å². The smallest absolute Gasteiger partial charge is 0.341 e. The molecule has 2 atom stereocenters. The van der Waals surface area contributed by atoms with Crippen molar-refractivity contribution in [2.75, 3.05) is 0 Å². The summed E-state index contributed by atoms with van der Waals surface area (Å²) in [5, 5.41) is 0. The van der Waals surface area contributed by atoms with Crippen molar-refractivity contribution in [3.05, 3.63) is 12.2 Å². The summed E-state index contributed by atoms with van der Waals surface area (Å²) in [4.78, 5) is 12.0. The second-order valence-electron chi connectivity index (χ2n) is 5.90. The summed E-state index contributed by atoms with van der Waals surface area (Å²) < 4.78 is 11.5. The van der Waals surface area contributed by atoms with Gasteiger partial charge in [-0.1, -0.05) is 32.9 Å². The zero-order valence-electron chi connectivity index (χ0n) is 10.5. The molecule has 3 nitrogen and oxygen atoms in total. The van der Waals surface area contributed by atoms with Crippen LogP contribution in [0.1, 0.15) is 47.0 Å². The lowest BCUT2D eigenvalue weighted by Crippen LogP contribution is -2.44. The monoisotopic (exact) mass is 224 g/mol. The minimum atomic E-state index is -0.810. The van der Waals surface area contributed by atoms with E-state index in [0.29, 0.717) is 6.42 Å². The number of allylic oxidation sites excluding steroid dienone is 1. The van der Waals surface area contributed by atoms with Gasteiger partial charge in [-0.2, -0.15) is 0 Å². The molecule has 0 bridgehead atoms. The Morgan fingerprint density at radius 3 is 2.44 bits per heavy atom. The van der Waals surface area contributed by atoms with E-state index >= 15 is 0 Å². The molecule has 0 aromatic heterocycles. The van der Waals surface area contributed by atoms with Crippen LogP contribution >= 0.6 is 0 Å². The van der Waals surface area contributed by atoms with Crippen LogP contribution in [0.2, 0.25) is 0 Å². The SMILES string of the molecule is CC(C)(C)[C@@]1(C)OC(=O)[C@]2(CC=CCC2)O1. The first-order chi connectivity index (χ1) is 7.29. The zero-order chi connectivity index (χ0) is 12.0. The van der Waals surface area contributed by atoms with Gasteiger partial charge in [-0.15, -0.1) is 0 Å². The molecule has 1 aliphatic carbocycles. The molecule has 2 rings (SSSR count). The summed E-state index contributed by atoms with van der Waals surface area (Å²) in [7, 11) is 0. The average Bonchev–Trinajstić information content (AvgIpc) is 2.40. The standard InChI is InChI=1S/C13H20O3/c1-11(2,3)12(4)15-10(14)13(16-12)8-6-5-7-9-13/h5-6H,7-9H2,1-4H3/t12-,13+/m0/s1. The third kappa shape index (κ3) is 1.58. The maximum Gasteiger partial charge on any atom is 0.341 e. The first kappa shape index (κ1) is 11.6. The van der Waals surface area contributed by atoms with Crippen molar-refractivity contribution in [3.63, 3.8) is 0 Å². The fourth-order valence-electron chi connectivity index (χ4n) is 2.10. The van der Waals surface area contributed by atoms with E-state index in [1.807, 2.05) is 33.8 Å². The van der Waals surface area contributed by atoms with Crippen LogP contribution in [0.15, 0.2) is 12.2 Å². The zero-order valence-corrected chi connectivity index (χ0v) is 10.5. The van der Waals surface area contributed by atoms with Gasteiger partial charge in [0.05, 0.1) is 0 Å². The fraction of sp³-hybridized carbons (Fsp3) is 0.769. The van der Waals surface area contributed by atoms with Gasteiger partial charge in [0.15, 0.2) is 5.60 Å². The summed E-state index contributed by atoms with van der Waals surface area (Å²) in [5.74, 6) is -1.01. The van der Waals surface area contributed by atoms with E-state index in [9.17, 15) is 4.79 Å². The van der Waals surface area contributed by atoms with E-state index in [0.717, 1.165) is 12.8 Å². The van der Waals surface area contributed by atoms with Crippen LogP contribution in [0.3, 0.4) is 0 Å². The second kappa shape index (κ2) is 3.33. The van der Waals surface area contributed by atoms with Crippen LogP contribution in [0.25, 0.3) is 0 Å². The molecule has 0 saturated carbocycles. The largest absolute Gasteiger partial charge is 0.431 e. The quantitative estimate of drug-likeness (QED) is 0.469. The van der Waals surface area contributed by atoms with E-state index in [1.165, 1.54) is 0 Å². The third-order valence-corrected chi connectivity index (χ3v) is 3.74. The lowest BCUT2D eigenvalue weighted by Gasteiger charge is -2.37. The number of rotatable bonds is 0. The minimum absolute atomic E-state index is 0.200. The first-order valence-corrected chi connectivity index (χ1v) is 5.88. The highest BCUT2D eigenvalue weighted by Gasteiger charge is 2.59. The van der Waals surface area contributed by atoms with Crippen LogP contribution in [0, 0.1) is 5.41 Å². The van der Waals surface area contributed by atoms with Crippen LogP contribution in [-0.2, 0) is 14.3 Å². The summed E-state index contributed by atoms with van der Waals surface area (Å²) in [5.41, 5.74) is -0.940. The molecule has 0 N–H and O–H groups in total. The van der Waals surface area contributed by atoms with E-state index < -0.39 is 11.4 Å². The first-order valence-electron chi connectivity index (χ1n) is 5.88. The van der Waals surface area contributed by atoms with Crippen molar-refractivity contribution >= 4 is 5.97 Å². The topological polar surface area (TPSA) is 35.5 Å². The van der Waals surface area contributed by atoms with Gasteiger partial charge in [0.25, 0.3) is 0 Å². The van der Waals surface area contributed by atoms with Crippen LogP contribution in [0.4, 0.5) is 0 Å². The summed E-state index contributed by atoms with van der Waals surface area (Å²) in [6.45, 7) is 7.94. The van der Waals surface area contributed by atoms with Crippen LogP contribution < -0.4 is 0 Å². The fourth-order valence-corrected chi connectivity index (χ4v) is 2.10. The van der Waals surface area contributed by atoms with Gasteiger partial charge in [0, 0.05) is 18.8 Å². The number of ether oxygens (including phenoxy) is 2. The number of hydrogen-bond donors (Lipinski definition) is 0. The molecule has 1 heterocycles. The molecule has 1 spiro atoms. The van der Waals surface area contributed by atoms with Crippen molar-refractivity contribution in [2.24, 2.45) is 5.41 Å². The highest BCUT2D eigenvalue weighted by Crippen LogP contribution is 2.47. The van der Waals surface area contributed by atoms with Gasteiger partial charge in [0.2, 0.25) is 5.79 Å². The van der Waals surface area contributed by atoms with Gasteiger partial charge in [-0.05, 0) is 12.8 Å². The summed E-state index contributed by atoms with van der Waals surface area (Å²) in [6.07, 6.45) is 6.36. The molecule has 90 valence electrons.